The summed E-state index contributed by atoms with van der Waals surface area (Å²) < 4.78 is 19.1. The first-order chi connectivity index (χ1) is 8.19. The molecule has 1 saturated heterocycles. The zero-order valence-electron chi connectivity index (χ0n) is 9.73. The van der Waals surface area contributed by atoms with E-state index in [4.69, 9.17) is 10.5 Å². The SMILES string of the molecule is NCC1(C(O)c2ccccc2F)CCCOC1. The molecular formula is C13H18FNO2. The molecule has 0 spiro atoms. The molecule has 1 heterocycles. The fourth-order valence-corrected chi connectivity index (χ4v) is 2.39. The Kier molecular flexibility index (Phi) is 3.76. The average Bonchev–Trinajstić information content (AvgIpc) is 2.39. The first kappa shape index (κ1) is 12.5. The summed E-state index contributed by atoms with van der Waals surface area (Å²) >= 11 is 0. The van der Waals surface area contributed by atoms with E-state index in [1.165, 1.54) is 6.07 Å². The lowest BCUT2D eigenvalue weighted by Gasteiger charge is -2.40. The van der Waals surface area contributed by atoms with Crippen molar-refractivity contribution in [3.05, 3.63) is 35.6 Å². The number of benzene rings is 1. The predicted molar refractivity (Wildman–Crippen MR) is 62.9 cm³/mol. The summed E-state index contributed by atoms with van der Waals surface area (Å²) in [6, 6.07) is 6.28. The van der Waals surface area contributed by atoms with Crippen molar-refractivity contribution < 1.29 is 14.2 Å². The van der Waals surface area contributed by atoms with Crippen LogP contribution in [0.4, 0.5) is 4.39 Å². The number of hydrogen-bond acceptors (Lipinski definition) is 3. The van der Waals surface area contributed by atoms with E-state index in [0.717, 1.165) is 12.8 Å². The van der Waals surface area contributed by atoms with Gasteiger partial charge < -0.3 is 15.6 Å². The van der Waals surface area contributed by atoms with Gasteiger partial charge in [0.1, 0.15) is 5.82 Å². The Balaban J connectivity index is 2.28. The van der Waals surface area contributed by atoms with Crippen LogP contribution in [0.1, 0.15) is 24.5 Å². The van der Waals surface area contributed by atoms with Crippen molar-refractivity contribution in [1.29, 1.82) is 0 Å². The summed E-state index contributed by atoms with van der Waals surface area (Å²) in [6.45, 7) is 1.37. The third-order valence-electron chi connectivity index (χ3n) is 3.54. The molecule has 0 bridgehead atoms. The molecule has 0 aliphatic carbocycles. The Hall–Kier alpha value is -0.970. The minimum absolute atomic E-state index is 0.294. The fraction of sp³-hybridized carbons (Fsp3) is 0.538. The Labute approximate surface area is 100 Å². The molecule has 3 nitrogen and oxygen atoms in total. The van der Waals surface area contributed by atoms with Crippen molar-refractivity contribution in [3.63, 3.8) is 0 Å². The third kappa shape index (κ3) is 2.34. The van der Waals surface area contributed by atoms with Crippen LogP contribution in [0.2, 0.25) is 0 Å². The van der Waals surface area contributed by atoms with E-state index in [1.54, 1.807) is 18.2 Å². The number of aliphatic hydroxyl groups excluding tert-OH is 1. The van der Waals surface area contributed by atoms with Crippen LogP contribution in [-0.2, 0) is 4.74 Å². The Morgan fingerprint density at radius 2 is 2.24 bits per heavy atom. The van der Waals surface area contributed by atoms with E-state index >= 15 is 0 Å². The molecule has 3 N–H and O–H groups in total. The van der Waals surface area contributed by atoms with E-state index in [0.29, 0.717) is 25.3 Å². The van der Waals surface area contributed by atoms with E-state index in [-0.39, 0.29) is 0 Å². The second kappa shape index (κ2) is 5.12. The maximum absolute atomic E-state index is 13.7. The highest BCUT2D eigenvalue weighted by atomic mass is 19.1. The van der Waals surface area contributed by atoms with Crippen LogP contribution in [0.5, 0.6) is 0 Å². The van der Waals surface area contributed by atoms with Gasteiger partial charge in [0.25, 0.3) is 0 Å². The zero-order valence-corrected chi connectivity index (χ0v) is 9.73. The van der Waals surface area contributed by atoms with Gasteiger partial charge in [0.2, 0.25) is 0 Å². The molecule has 1 aliphatic rings. The molecule has 94 valence electrons. The summed E-state index contributed by atoms with van der Waals surface area (Å²) in [6.07, 6.45) is 0.704. The topological polar surface area (TPSA) is 55.5 Å². The van der Waals surface area contributed by atoms with Crippen molar-refractivity contribution in [2.45, 2.75) is 18.9 Å². The first-order valence-electron chi connectivity index (χ1n) is 5.90. The maximum Gasteiger partial charge on any atom is 0.129 e. The molecule has 1 aromatic rings. The van der Waals surface area contributed by atoms with Crippen molar-refractivity contribution in [3.8, 4) is 0 Å². The highest BCUT2D eigenvalue weighted by Crippen LogP contribution is 2.40. The summed E-state index contributed by atoms with van der Waals surface area (Å²) in [7, 11) is 0. The number of hydrogen-bond donors (Lipinski definition) is 2. The summed E-state index contributed by atoms with van der Waals surface area (Å²) in [5.41, 5.74) is 5.52. The minimum Gasteiger partial charge on any atom is -0.388 e. The number of ether oxygens (including phenoxy) is 1. The van der Waals surface area contributed by atoms with Crippen LogP contribution in [-0.4, -0.2) is 24.9 Å². The highest BCUT2D eigenvalue weighted by Gasteiger charge is 2.40. The van der Waals surface area contributed by atoms with Crippen molar-refractivity contribution >= 4 is 0 Å². The van der Waals surface area contributed by atoms with Crippen molar-refractivity contribution in [1.82, 2.24) is 0 Å². The number of halogens is 1. The zero-order chi connectivity index (χ0) is 12.3. The molecular weight excluding hydrogens is 221 g/mol. The number of nitrogens with two attached hydrogens (primary N) is 1. The van der Waals surface area contributed by atoms with Gasteiger partial charge in [0, 0.05) is 24.1 Å². The van der Waals surface area contributed by atoms with Gasteiger partial charge >= 0.3 is 0 Å². The van der Waals surface area contributed by atoms with Crippen LogP contribution < -0.4 is 5.73 Å². The predicted octanol–water partition coefficient (Wildman–Crippen LogP) is 1.61. The average molecular weight is 239 g/mol. The highest BCUT2D eigenvalue weighted by molar-refractivity contribution is 5.22. The largest absolute Gasteiger partial charge is 0.388 e. The van der Waals surface area contributed by atoms with Crippen LogP contribution in [0, 0.1) is 11.2 Å². The molecule has 4 heteroatoms. The molecule has 2 rings (SSSR count). The van der Waals surface area contributed by atoms with Gasteiger partial charge in [-0.05, 0) is 18.9 Å². The smallest absolute Gasteiger partial charge is 0.129 e. The normalized spacial score (nSPS) is 26.8. The lowest BCUT2D eigenvalue weighted by molar-refractivity contribution is -0.0792. The summed E-state index contributed by atoms with van der Waals surface area (Å²) in [5.74, 6) is -0.390. The van der Waals surface area contributed by atoms with Gasteiger partial charge in [-0.15, -0.1) is 0 Å². The van der Waals surface area contributed by atoms with Gasteiger partial charge in [0.15, 0.2) is 0 Å². The molecule has 1 aromatic carbocycles. The van der Waals surface area contributed by atoms with Gasteiger partial charge in [-0.2, -0.15) is 0 Å². The van der Waals surface area contributed by atoms with Crippen molar-refractivity contribution in [2.24, 2.45) is 11.1 Å². The van der Waals surface area contributed by atoms with Crippen LogP contribution >= 0.6 is 0 Å². The molecule has 1 fully saturated rings. The lowest BCUT2D eigenvalue weighted by Crippen LogP contribution is -2.43. The van der Waals surface area contributed by atoms with Gasteiger partial charge in [0.05, 0.1) is 12.7 Å². The molecule has 1 aliphatic heterocycles. The van der Waals surface area contributed by atoms with E-state index < -0.39 is 17.3 Å². The second-order valence-corrected chi connectivity index (χ2v) is 4.65. The first-order valence-corrected chi connectivity index (χ1v) is 5.90. The number of aliphatic hydroxyl groups is 1. The molecule has 17 heavy (non-hydrogen) atoms. The monoisotopic (exact) mass is 239 g/mol. The second-order valence-electron chi connectivity index (χ2n) is 4.65. The van der Waals surface area contributed by atoms with E-state index in [9.17, 15) is 9.50 Å². The Bertz CT molecular complexity index is 377. The molecule has 2 unspecified atom stereocenters. The number of rotatable bonds is 3. The Morgan fingerprint density at radius 3 is 2.82 bits per heavy atom. The van der Waals surface area contributed by atoms with Gasteiger partial charge in [-0.3, -0.25) is 0 Å². The van der Waals surface area contributed by atoms with Crippen LogP contribution in [0.3, 0.4) is 0 Å². The van der Waals surface area contributed by atoms with Gasteiger partial charge in [-0.1, -0.05) is 18.2 Å². The molecule has 0 aromatic heterocycles. The maximum atomic E-state index is 13.7. The lowest BCUT2D eigenvalue weighted by atomic mass is 9.75. The summed E-state index contributed by atoms with van der Waals surface area (Å²) in [4.78, 5) is 0. The molecule has 0 amide bonds. The quantitative estimate of drug-likeness (QED) is 0.842. The summed E-state index contributed by atoms with van der Waals surface area (Å²) in [5, 5.41) is 10.4. The van der Waals surface area contributed by atoms with E-state index in [1.807, 2.05) is 0 Å². The molecule has 0 saturated carbocycles. The van der Waals surface area contributed by atoms with Crippen LogP contribution in [0.25, 0.3) is 0 Å². The van der Waals surface area contributed by atoms with Gasteiger partial charge in [-0.25, -0.2) is 4.39 Å². The van der Waals surface area contributed by atoms with E-state index in [2.05, 4.69) is 0 Å². The van der Waals surface area contributed by atoms with Crippen molar-refractivity contribution in [2.75, 3.05) is 19.8 Å². The fourth-order valence-electron chi connectivity index (χ4n) is 2.39. The minimum atomic E-state index is -0.908. The van der Waals surface area contributed by atoms with Crippen LogP contribution in [0.15, 0.2) is 24.3 Å². The standard InChI is InChI=1S/C13H18FNO2/c14-11-5-2-1-4-10(11)12(16)13(8-15)6-3-7-17-9-13/h1-2,4-5,12,16H,3,6-9,15H2. The molecule has 2 atom stereocenters. The molecule has 0 radical (unpaired) electrons. The third-order valence-corrected chi connectivity index (χ3v) is 3.54. The Morgan fingerprint density at radius 1 is 1.47 bits per heavy atom.